The second-order valence-electron chi connectivity index (χ2n) is 4.77. The van der Waals surface area contributed by atoms with Crippen molar-refractivity contribution < 1.29 is 9.21 Å². The largest absolute Gasteiger partial charge is 0.430 e. The Kier molecular flexibility index (Phi) is 4.31. The molecule has 2 N–H and O–H groups in total. The zero-order valence-corrected chi connectivity index (χ0v) is 13.5. The quantitative estimate of drug-likeness (QED) is 0.719. The normalized spacial score (nSPS) is 10.8. The first-order valence-corrected chi connectivity index (χ1v) is 8.52. The molecule has 3 rings (SSSR count). The molecule has 6 heteroatoms. The Labute approximate surface area is 136 Å². The molecule has 4 nitrogen and oxygen atoms in total. The summed E-state index contributed by atoms with van der Waals surface area (Å²) in [6.07, 6.45) is 1.63. The van der Waals surface area contributed by atoms with E-state index in [1.54, 1.807) is 17.5 Å². The smallest absolute Gasteiger partial charge is 0.228 e. The number of benzene rings is 1. The summed E-state index contributed by atoms with van der Waals surface area (Å²) in [7, 11) is 0. The van der Waals surface area contributed by atoms with Crippen molar-refractivity contribution in [1.29, 1.82) is 0 Å². The molecule has 2 heterocycles. The maximum atomic E-state index is 10.8. The third-order valence-electron chi connectivity index (χ3n) is 3.03. The lowest BCUT2D eigenvalue weighted by Crippen LogP contribution is -2.12. The first kappa shape index (κ1) is 14.9. The molecule has 0 spiro atoms. The van der Waals surface area contributed by atoms with Crippen LogP contribution in [0.1, 0.15) is 5.56 Å². The highest BCUT2D eigenvalue weighted by atomic mass is 32.2. The van der Waals surface area contributed by atoms with Crippen LogP contribution in [0.3, 0.4) is 0 Å². The number of carbonyl (C=O) groups is 1. The summed E-state index contributed by atoms with van der Waals surface area (Å²) < 4.78 is 5.75. The Morgan fingerprint density at radius 3 is 2.95 bits per heavy atom. The topological polar surface area (TPSA) is 69.1 Å². The number of amides is 1. The molecule has 1 aromatic carbocycles. The van der Waals surface area contributed by atoms with Gasteiger partial charge in [0.25, 0.3) is 0 Å². The lowest BCUT2D eigenvalue weighted by Gasteiger charge is -2.06. The molecule has 0 aliphatic rings. The summed E-state index contributed by atoms with van der Waals surface area (Å²) in [5, 5.41) is 2.64. The molecule has 22 heavy (non-hydrogen) atoms. The summed E-state index contributed by atoms with van der Waals surface area (Å²) >= 11 is 2.93. The SMILES string of the molecule is Cc1ccc(-c2ncc(SCC(N)=O)o2)c(-c2cccs2)c1. The molecule has 0 unspecified atom stereocenters. The summed E-state index contributed by atoms with van der Waals surface area (Å²) in [4.78, 5) is 16.3. The third-order valence-corrected chi connectivity index (χ3v) is 4.84. The van der Waals surface area contributed by atoms with E-state index in [9.17, 15) is 4.79 Å². The first-order valence-electron chi connectivity index (χ1n) is 6.65. The molecule has 0 atom stereocenters. The molecule has 1 amide bonds. The van der Waals surface area contributed by atoms with Crippen molar-refractivity contribution in [2.24, 2.45) is 5.73 Å². The minimum atomic E-state index is -0.377. The number of thiophene rings is 1. The zero-order chi connectivity index (χ0) is 15.5. The number of hydrogen-bond donors (Lipinski definition) is 1. The van der Waals surface area contributed by atoms with Gasteiger partial charge < -0.3 is 10.2 Å². The Bertz CT molecular complexity index is 794. The number of thioether (sulfide) groups is 1. The van der Waals surface area contributed by atoms with Gasteiger partial charge in [0.05, 0.1) is 11.9 Å². The van der Waals surface area contributed by atoms with Crippen LogP contribution in [-0.4, -0.2) is 16.6 Å². The van der Waals surface area contributed by atoms with Gasteiger partial charge in [-0.1, -0.05) is 29.5 Å². The molecule has 112 valence electrons. The van der Waals surface area contributed by atoms with Crippen LogP contribution in [0.5, 0.6) is 0 Å². The van der Waals surface area contributed by atoms with Gasteiger partial charge >= 0.3 is 0 Å². The van der Waals surface area contributed by atoms with E-state index in [2.05, 4.69) is 24.0 Å². The van der Waals surface area contributed by atoms with Gasteiger partial charge in [0.1, 0.15) is 0 Å². The van der Waals surface area contributed by atoms with Gasteiger partial charge in [-0.25, -0.2) is 4.98 Å². The van der Waals surface area contributed by atoms with E-state index in [0.29, 0.717) is 11.0 Å². The van der Waals surface area contributed by atoms with Gasteiger partial charge in [0, 0.05) is 16.0 Å². The van der Waals surface area contributed by atoms with Gasteiger partial charge in [-0.3, -0.25) is 4.79 Å². The maximum absolute atomic E-state index is 10.8. The van der Waals surface area contributed by atoms with Crippen molar-refractivity contribution in [3.8, 4) is 21.9 Å². The molecule has 0 aliphatic heterocycles. The zero-order valence-electron chi connectivity index (χ0n) is 11.9. The predicted molar refractivity (Wildman–Crippen MR) is 89.9 cm³/mol. The number of nitrogens with two attached hydrogens (primary N) is 1. The second kappa shape index (κ2) is 6.37. The minimum Gasteiger partial charge on any atom is -0.430 e. The molecule has 3 aromatic rings. The van der Waals surface area contributed by atoms with Crippen LogP contribution in [0.25, 0.3) is 21.9 Å². The number of aryl methyl sites for hydroxylation is 1. The highest BCUT2D eigenvalue weighted by Crippen LogP contribution is 2.36. The van der Waals surface area contributed by atoms with E-state index >= 15 is 0 Å². The van der Waals surface area contributed by atoms with Gasteiger partial charge in [0.15, 0.2) is 5.09 Å². The first-order chi connectivity index (χ1) is 10.6. The summed E-state index contributed by atoms with van der Waals surface area (Å²) in [5.74, 6) is 0.355. The third kappa shape index (κ3) is 3.23. The van der Waals surface area contributed by atoms with Gasteiger partial charge in [-0.05, 0) is 30.5 Å². The minimum absolute atomic E-state index is 0.181. The van der Waals surface area contributed by atoms with Gasteiger partial charge in [-0.15, -0.1) is 11.3 Å². The monoisotopic (exact) mass is 330 g/mol. The molecule has 0 saturated heterocycles. The van der Waals surface area contributed by atoms with E-state index in [1.807, 2.05) is 23.6 Å². The van der Waals surface area contributed by atoms with Crippen molar-refractivity contribution in [2.45, 2.75) is 12.0 Å². The van der Waals surface area contributed by atoms with Crippen molar-refractivity contribution >= 4 is 29.0 Å². The van der Waals surface area contributed by atoms with Crippen LogP contribution in [0.15, 0.2) is 51.4 Å². The van der Waals surface area contributed by atoms with Crippen molar-refractivity contribution in [3.05, 3.63) is 47.5 Å². The second-order valence-corrected chi connectivity index (χ2v) is 6.69. The maximum Gasteiger partial charge on any atom is 0.228 e. The number of carbonyl (C=O) groups excluding carboxylic acids is 1. The molecular weight excluding hydrogens is 316 g/mol. The van der Waals surface area contributed by atoms with Crippen molar-refractivity contribution in [3.63, 3.8) is 0 Å². The highest BCUT2D eigenvalue weighted by molar-refractivity contribution is 7.99. The Balaban J connectivity index is 1.96. The Hall–Kier alpha value is -2.05. The van der Waals surface area contributed by atoms with Crippen molar-refractivity contribution in [1.82, 2.24) is 4.98 Å². The van der Waals surface area contributed by atoms with Crippen LogP contribution in [0, 0.1) is 6.92 Å². The number of hydrogen-bond acceptors (Lipinski definition) is 5. The van der Waals surface area contributed by atoms with E-state index < -0.39 is 0 Å². The molecule has 0 radical (unpaired) electrons. The van der Waals surface area contributed by atoms with Gasteiger partial charge in [0.2, 0.25) is 11.8 Å². The summed E-state index contributed by atoms with van der Waals surface area (Å²) in [5.41, 5.74) is 8.37. The number of rotatable bonds is 5. The Morgan fingerprint density at radius 1 is 1.36 bits per heavy atom. The predicted octanol–water partition coefficient (Wildman–Crippen LogP) is 3.96. The fraction of sp³-hybridized carbons (Fsp3) is 0.125. The number of oxazole rings is 1. The van der Waals surface area contributed by atoms with Crippen LogP contribution in [0.2, 0.25) is 0 Å². The Morgan fingerprint density at radius 2 is 2.23 bits per heavy atom. The highest BCUT2D eigenvalue weighted by Gasteiger charge is 2.14. The summed E-state index contributed by atoms with van der Waals surface area (Å²) in [6, 6.07) is 10.3. The molecule has 0 fully saturated rings. The molecule has 0 aliphatic carbocycles. The fourth-order valence-electron chi connectivity index (χ4n) is 2.07. The lowest BCUT2D eigenvalue weighted by molar-refractivity contribution is -0.115. The molecule has 0 bridgehead atoms. The van der Waals surface area contributed by atoms with Crippen LogP contribution in [-0.2, 0) is 4.79 Å². The van der Waals surface area contributed by atoms with E-state index in [0.717, 1.165) is 11.1 Å². The van der Waals surface area contributed by atoms with Gasteiger partial charge in [-0.2, -0.15) is 0 Å². The average molecular weight is 330 g/mol. The number of aromatic nitrogens is 1. The standard InChI is InChI=1S/C16H14N2O2S2/c1-10-4-5-11(12(7-10)13-3-2-6-21-13)16-18-8-15(20-16)22-9-14(17)19/h2-8H,9H2,1H3,(H2,17,19). The number of primary amides is 1. The molecular formula is C16H14N2O2S2. The lowest BCUT2D eigenvalue weighted by atomic mass is 10.0. The van der Waals surface area contributed by atoms with Crippen LogP contribution >= 0.6 is 23.1 Å². The number of nitrogens with zero attached hydrogens (tertiary/aromatic N) is 1. The average Bonchev–Trinajstić information content (AvgIpc) is 3.16. The fourth-order valence-corrected chi connectivity index (χ4v) is 3.38. The van der Waals surface area contributed by atoms with E-state index in [4.69, 9.17) is 10.2 Å². The van der Waals surface area contributed by atoms with E-state index in [-0.39, 0.29) is 11.7 Å². The van der Waals surface area contributed by atoms with Crippen LogP contribution in [0.4, 0.5) is 0 Å². The van der Waals surface area contributed by atoms with E-state index in [1.165, 1.54) is 22.2 Å². The molecule has 0 saturated carbocycles. The molecule has 2 aromatic heterocycles. The summed E-state index contributed by atoms with van der Waals surface area (Å²) in [6.45, 7) is 2.06. The van der Waals surface area contributed by atoms with Crippen LogP contribution < -0.4 is 5.73 Å². The van der Waals surface area contributed by atoms with Crippen molar-refractivity contribution in [2.75, 3.05) is 5.75 Å².